The van der Waals surface area contributed by atoms with Gasteiger partial charge in [-0.2, -0.15) is 0 Å². The quantitative estimate of drug-likeness (QED) is 0.455. The zero-order chi connectivity index (χ0) is 25.5. The number of benzene rings is 3. The molecule has 3 N–H and O–H groups in total. The molecular formula is C24H22F3N3O5S. The van der Waals surface area contributed by atoms with Crippen LogP contribution in [0.2, 0.25) is 0 Å². The Balaban J connectivity index is 1.39. The van der Waals surface area contributed by atoms with Crippen molar-refractivity contribution in [3.05, 3.63) is 72.8 Å². The Kier molecular flexibility index (Phi) is 6.29. The number of aliphatic hydroxyl groups excluding tert-OH is 1. The first-order chi connectivity index (χ1) is 17.1. The lowest BCUT2D eigenvalue weighted by Crippen LogP contribution is -2.60. The molecule has 8 nitrogen and oxygen atoms in total. The van der Waals surface area contributed by atoms with Crippen LogP contribution < -0.4 is 19.1 Å². The molecule has 0 aliphatic carbocycles. The van der Waals surface area contributed by atoms with Gasteiger partial charge in [-0.25, -0.2) is 13.7 Å². The summed E-state index contributed by atoms with van der Waals surface area (Å²) in [5.41, 5.74) is 1.44. The molecule has 0 spiro atoms. The van der Waals surface area contributed by atoms with Gasteiger partial charge in [-0.15, -0.1) is 13.2 Å². The number of halogens is 3. The molecule has 0 aromatic heterocycles. The number of ether oxygens (including phenoxy) is 3. The van der Waals surface area contributed by atoms with Crippen molar-refractivity contribution in [2.75, 3.05) is 18.1 Å². The van der Waals surface area contributed by atoms with E-state index in [4.69, 9.17) is 14.3 Å². The van der Waals surface area contributed by atoms with Crippen molar-refractivity contribution in [2.45, 2.75) is 29.4 Å². The smallest absolute Gasteiger partial charge is 0.453 e. The number of nitrogens with zero attached hydrogens (tertiary/aromatic N) is 1. The maximum atomic E-state index is 13.2. The minimum absolute atomic E-state index is 0.0174. The first-order valence-electron chi connectivity index (χ1n) is 11.0. The average Bonchev–Trinajstić information content (AvgIpc) is 2.83. The van der Waals surface area contributed by atoms with E-state index in [1.165, 1.54) is 0 Å². The van der Waals surface area contributed by atoms with Crippen molar-refractivity contribution < 1.29 is 36.7 Å². The monoisotopic (exact) mass is 521 g/mol. The minimum Gasteiger partial charge on any atom is -0.453 e. The maximum absolute atomic E-state index is 13.2. The molecule has 0 bridgehead atoms. The van der Waals surface area contributed by atoms with E-state index in [2.05, 4.69) is 9.46 Å². The highest BCUT2D eigenvalue weighted by Gasteiger charge is 2.41. The van der Waals surface area contributed by atoms with Gasteiger partial charge in [0.25, 0.3) is 0 Å². The van der Waals surface area contributed by atoms with Crippen LogP contribution in [0.25, 0.3) is 0 Å². The summed E-state index contributed by atoms with van der Waals surface area (Å²) in [6, 6.07) is 17.4. The van der Waals surface area contributed by atoms with Gasteiger partial charge in [0.2, 0.25) is 0 Å². The summed E-state index contributed by atoms with van der Waals surface area (Å²) in [7, 11) is -3.70. The van der Waals surface area contributed by atoms with Gasteiger partial charge in [-0.05, 0) is 48.5 Å². The molecule has 12 heteroatoms. The van der Waals surface area contributed by atoms with Gasteiger partial charge >= 0.3 is 6.36 Å². The Bertz CT molecular complexity index is 1310. The standard InChI is InChI=1S/C24H22F3N3O5S/c25-24(26,27)35-15-9-11-16(12-10-15)36(28,32)29-17-13-33-14-20(23(17)31)30-18-5-1-3-7-21(18)34-22-8-4-2-6-19(22)30/h1-12,17,20,23,31H,13-14H2,(H2,28,29,32)/t17-,20+,23+,36?/m0/s1. The highest BCUT2D eigenvalue weighted by Crippen LogP contribution is 2.48. The van der Waals surface area contributed by atoms with Crippen LogP contribution in [0.4, 0.5) is 24.5 Å². The Morgan fingerprint density at radius 3 is 2.14 bits per heavy atom. The van der Waals surface area contributed by atoms with E-state index in [9.17, 15) is 22.5 Å². The number of anilines is 2. The predicted octanol–water partition coefficient (Wildman–Crippen LogP) is 4.57. The molecule has 0 saturated carbocycles. The van der Waals surface area contributed by atoms with Gasteiger partial charge < -0.3 is 24.2 Å². The summed E-state index contributed by atoms with van der Waals surface area (Å²) in [6.45, 7) is 0.140. The highest BCUT2D eigenvalue weighted by molar-refractivity contribution is 7.90. The normalized spacial score (nSPS) is 23.1. The third kappa shape index (κ3) is 4.85. The van der Waals surface area contributed by atoms with Crippen LogP contribution in [-0.4, -0.2) is 47.1 Å². The van der Waals surface area contributed by atoms with E-state index in [0.29, 0.717) is 11.5 Å². The molecule has 36 heavy (non-hydrogen) atoms. The Morgan fingerprint density at radius 2 is 1.56 bits per heavy atom. The van der Waals surface area contributed by atoms with E-state index in [0.717, 1.165) is 35.6 Å². The van der Waals surface area contributed by atoms with Crippen LogP contribution in [0, 0.1) is 4.78 Å². The summed E-state index contributed by atoms with van der Waals surface area (Å²) >= 11 is 0. The fraction of sp³-hybridized carbons (Fsp3) is 0.250. The lowest BCUT2D eigenvalue weighted by Gasteiger charge is -2.44. The fourth-order valence-corrected chi connectivity index (χ4v) is 5.61. The van der Waals surface area contributed by atoms with E-state index in [-0.39, 0.29) is 18.1 Å². The summed E-state index contributed by atoms with van der Waals surface area (Å²) in [6.07, 6.45) is -5.98. The lowest BCUT2D eigenvalue weighted by molar-refractivity contribution is -0.274. The van der Waals surface area contributed by atoms with Crippen LogP contribution in [0.3, 0.4) is 0 Å². The second-order valence-electron chi connectivity index (χ2n) is 8.30. The SMILES string of the molecule is N=S(=O)(N[C@H]1COC[C@@H](N2c3ccccc3Oc3ccccc32)[C@@H]1O)c1ccc(OC(F)(F)F)cc1. The highest BCUT2D eigenvalue weighted by atomic mass is 32.2. The molecule has 3 aromatic carbocycles. The summed E-state index contributed by atoms with van der Waals surface area (Å²) in [5, 5.41) is 11.3. The number of aliphatic hydroxyl groups is 1. The molecule has 2 aliphatic rings. The average molecular weight is 522 g/mol. The molecule has 0 amide bonds. The lowest BCUT2D eigenvalue weighted by atomic mass is 9.98. The molecule has 1 unspecified atom stereocenters. The van der Waals surface area contributed by atoms with Gasteiger partial charge in [-0.1, -0.05) is 24.3 Å². The Labute approximate surface area is 205 Å². The van der Waals surface area contributed by atoms with Gasteiger partial charge in [0.15, 0.2) is 11.5 Å². The minimum atomic E-state index is -4.86. The topological polar surface area (TPSA) is 104 Å². The molecule has 1 fully saturated rings. The molecule has 4 atom stereocenters. The molecule has 1 saturated heterocycles. The second-order valence-corrected chi connectivity index (χ2v) is 10.1. The molecule has 2 heterocycles. The van der Waals surface area contributed by atoms with Gasteiger partial charge in [-0.3, -0.25) is 0 Å². The van der Waals surface area contributed by atoms with Gasteiger partial charge in [0, 0.05) is 0 Å². The molecule has 190 valence electrons. The summed E-state index contributed by atoms with van der Waals surface area (Å²) < 4.78 is 77.0. The van der Waals surface area contributed by atoms with Crippen molar-refractivity contribution in [3.8, 4) is 17.2 Å². The number of alkyl halides is 3. The van der Waals surface area contributed by atoms with Crippen molar-refractivity contribution in [3.63, 3.8) is 0 Å². The van der Waals surface area contributed by atoms with Crippen LogP contribution in [-0.2, 0) is 14.7 Å². The molecule has 0 radical (unpaired) electrons. The molecule has 2 aliphatic heterocycles. The fourth-order valence-electron chi connectivity index (χ4n) is 4.32. The van der Waals surface area contributed by atoms with Crippen LogP contribution in [0.15, 0.2) is 77.7 Å². The van der Waals surface area contributed by atoms with E-state index >= 15 is 0 Å². The first kappa shape index (κ1) is 24.4. The second kappa shape index (κ2) is 9.28. The van der Waals surface area contributed by atoms with Crippen molar-refractivity contribution in [2.24, 2.45) is 0 Å². The number of hydrogen-bond acceptors (Lipinski definition) is 7. The molecular weight excluding hydrogens is 499 g/mol. The zero-order valence-corrected chi connectivity index (χ0v) is 19.5. The zero-order valence-electron chi connectivity index (χ0n) is 18.6. The van der Waals surface area contributed by atoms with E-state index < -0.39 is 40.2 Å². The number of rotatable bonds is 5. The molecule has 3 aromatic rings. The number of fused-ring (bicyclic) bond motifs is 2. The summed E-state index contributed by atoms with van der Waals surface area (Å²) in [4.78, 5) is 1.84. The summed E-state index contributed by atoms with van der Waals surface area (Å²) in [5.74, 6) is 0.708. The van der Waals surface area contributed by atoms with E-state index in [1.807, 2.05) is 53.4 Å². The van der Waals surface area contributed by atoms with E-state index in [1.54, 1.807) is 0 Å². The van der Waals surface area contributed by atoms with Gasteiger partial charge in [0.05, 0.1) is 47.7 Å². The third-order valence-electron chi connectivity index (χ3n) is 5.90. The Hall–Kier alpha value is -3.32. The largest absolute Gasteiger partial charge is 0.573 e. The number of hydrogen-bond donors (Lipinski definition) is 3. The first-order valence-corrected chi connectivity index (χ1v) is 12.5. The van der Waals surface area contributed by atoms with Crippen molar-refractivity contribution in [1.82, 2.24) is 4.72 Å². The van der Waals surface area contributed by atoms with Crippen molar-refractivity contribution >= 4 is 21.3 Å². The van der Waals surface area contributed by atoms with Crippen LogP contribution in [0.1, 0.15) is 0 Å². The number of para-hydroxylation sites is 4. The van der Waals surface area contributed by atoms with Crippen LogP contribution >= 0.6 is 0 Å². The third-order valence-corrected chi connectivity index (χ3v) is 7.47. The maximum Gasteiger partial charge on any atom is 0.573 e. The number of nitrogens with one attached hydrogen (secondary N) is 2. The van der Waals surface area contributed by atoms with Crippen molar-refractivity contribution in [1.29, 1.82) is 4.78 Å². The molecule has 5 rings (SSSR count). The van der Waals surface area contributed by atoms with Crippen LogP contribution in [0.5, 0.6) is 17.2 Å². The Morgan fingerprint density at radius 1 is 0.972 bits per heavy atom. The predicted molar refractivity (Wildman–Crippen MR) is 125 cm³/mol. The van der Waals surface area contributed by atoms with Gasteiger partial charge in [0.1, 0.15) is 15.7 Å².